The van der Waals surface area contributed by atoms with Gasteiger partial charge < -0.3 is 9.13 Å². The average molecular weight is 829 g/mol. The Balaban J connectivity index is 1.10. The molecule has 2 fully saturated rings. The molecule has 0 spiro atoms. The van der Waals surface area contributed by atoms with Gasteiger partial charge in [0.25, 0.3) is 0 Å². The Hall–Kier alpha value is -5.45. The van der Waals surface area contributed by atoms with Gasteiger partial charge in [0.05, 0.1) is 46.5 Å². The van der Waals surface area contributed by atoms with Crippen molar-refractivity contribution >= 4 is 21.8 Å². The fraction of sp³-hybridized carbons (Fsp3) is 0.386. The number of rotatable bonds is 5. The quantitative estimate of drug-likeness (QED) is 0.151. The van der Waals surface area contributed by atoms with E-state index in [-0.39, 0.29) is 29.8 Å². The minimum atomic E-state index is -0.261. The first kappa shape index (κ1) is 39.2. The van der Waals surface area contributed by atoms with Crippen LogP contribution in [0.15, 0.2) is 121 Å². The van der Waals surface area contributed by atoms with Gasteiger partial charge in [0.15, 0.2) is 0 Å². The van der Waals surface area contributed by atoms with E-state index >= 15 is 0 Å². The van der Waals surface area contributed by atoms with Crippen molar-refractivity contribution in [3.63, 3.8) is 0 Å². The van der Waals surface area contributed by atoms with E-state index in [1.807, 2.05) is 0 Å². The Morgan fingerprint density at radius 1 is 0.762 bits per heavy atom. The maximum absolute atomic E-state index is 11.4. The van der Waals surface area contributed by atoms with Gasteiger partial charge in [-0.3, -0.25) is 16.0 Å². The molecule has 5 aliphatic carbocycles. The van der Waals surface area contributed by atoms with Gasteiger partial charge in [-0.25, -0.2) is 0 Å². The van der Waals surface area contributed by atoms with Crippen molar-refractivity contribution in [3.05, 3.63) is 166 Å². The molecule has 63 heavy (non-hydrogen) atoms. The highest BCUT2D eigenvalue weighted by Gasteiger charge is 2.55. The average Bonchev–Trinajstić information content (AvgIpc) is 3.93. The summed E-state index contributed by atoms with van der Waals surface area (Å²) < 4.78 is 5.13. The molecule has 0 amide bonds. The number of aryl methyl sites for hydroxylation is 3. The molecule has 1 saturated carbocycles. The Labute approximate surface area is 372 Å². The lowest BCUT2D eigenvalue weighted by Gasteiger charge is -2.46. The Morgan fingerprint density at radius 3 is 2.43 bits per heavy atom. The van der Waals surface area contributed by atoms with Gasteiger partial charge in [-0.2, -0.15) is 5.26 Å². The number of allylic oxidation sites excluding steroid dienone is 5. The standard InChI is InChI=1S/C57H60N6/c1-34-17-14-24-40-41-25-15-18-35(2)53(41)63(52(34)40)50-32-49(62-47-29-12-9-21-38(47)39-22-10-13-30-48(39)62)37(33-58)31-44(50)56-60-54(36-19-6-5-7-20-36)59-55(61-56)43-26-16-28-46-51(43)42-23-8-11-27-45(42)57(46,3)4/h5-9,11-12,14,16-17,19-21,23-24,26,29,31-32,35,43,45-46,51,54-56,59-61H,10,13,15,18,22,25,27-28,30H2,1-4H3. The van der Waals surface area contributed by atoms with E-state index in [0.29, 0.717) is 29.2 Å². The van der Waals surface area contributed by atoms with Crippen molar-refractivity contribution in [2.75, 3.05) is 0 Å². The van der Waals surface area contributed by atoms with Gasteiger partial charge in [-0.15, -0.1) is 0 Å². The van der Waals surface area contributed by atoms with Crippen LogP contribution in [-0.2, 0) is 19.3 Å². The first-order chi connectivity index (χ1) is 30.8. The molecule has 318 valence electrons. The number of aromatic nitrogens is 2. The summed E-state index contributed by atoms with van der Waals surface area (Å²) >= 11 is 0. The third kappa shape index (κ3) is 5.99. The summed E-state index contributed by atoms with van der Waals surface area (Å²) in [6.07, 6.45) is 21.9. The topological polar surface area (TPSA) is 69.7 Å². The number of fused-ring (bicyclic) bond motifs is 9. The lowest BCUT2D eigenvalue weighted by Crippen LogP contribution is -2.62. The van der Waals surface area contributed by atoms with E-state index in [9.17, 15) is 5.26 Å². The van der Waals surface area contributed by atoms with Crippen molar-refractivity contribution in [3.8, 4) is 17.4 Å². The van der Waals surface area contributed by atoms with Crippen LogP contribution in [-0.4, -0.2) is 15.3 Å². The minimum Gasteiger partial charge on any atom is -0.312 e. The van der Waals surface area contributed by atoms with Crippen LogP contribution >= 0.6 is 0 Å². The van der Waals surface area contributed by atoms with E-state index in [1.165, 1.54) is 68.3 Å². The molecule has 6 aliphatic rings. The Kier molecular flexibility index (Phi) is 9.38. The maximum Gasteiger partial charge on any atom is 0.101 e. The molecule has 8 atom stereocenters. The third-order valence-electron chi connectivity index (χ3n) is 16.7. The molecular weight excluding hydrogens is 769 g/mol. The summed E-state index contributed by atoms with van der Waals surface area (Å²) in [6.45, 7) is 9.77. The maximum atomic E-state index is 11.4. The second kappa shape index (κ2) is 15.1. The number of hydrogen-bond donors (Lipinski definition) is 3. The number of para-hydroxylation sites is 2. The highest BCUT2D eigenvalue weighted by atomic mass is 15.4. The van der Waals surface area contributed by atoms with Crippen LogP contribution in [0.3, 0.4) is 0 Å². The Morgan fingerprint density at radius 2 is 1.56 bits per heavy atom. The van der Waals surface area contributed by atoms with Gasteiger partial charge in [0.1, 0.15) is 6.07 Å². The molecule has 1 aliphatic heterocycles. The van der Waals surface area contributed by atoms with Crippen molar-refractivity contribution in [1.29, 1.82) is 5.26 Å². The van der Waals surface area contributed by atoms with E-state index in [2.05, 4.69) is 174 Å². The molecule has 1 saturated heterocycles. The second-order valence-corrected chi connectivity index (χ2v) is 20.3. The third-order valence-corrected chi connectivity index (χ3v) is 16.7. The fourth-order valence-corrected chi connectivity index (χ4v) is 13.8. The minimum absolute atomic E-state index is 0.0266. The van der Waals surface area contributed by atoms with Crippen molar-refractivity contribution in [2.24, 2.45) is 29.1 Å². The molecule has 6 nitrogen and oxygen atoms in total. The molecule has 4 aromatic carbocycles. The molecule has 0 bridgehead atoms. The summed E-state index contributed by atoms with van der Waals surface area (Å²) in [6, 6.07) is 34.2. The number of benzene rings is 4. The molecule has 8 unspecified atom stereocenters. The predicted molar refractivity (Wildman–Crippen MR) is 256 cm³/mol. The zero-order valence-electron chi connectivity index (χ0n) is 37.3. The number of nitrogens with one attached hydrogen (secondary N) is 3. The number of hydrogen-bond acceptors (Lipinski definition) is 4. The molecule has 2 aromatic heterocycles. The van der Waals surface area contributed by atoms with Gasteiger partial charge in [0.2, 0.25) is 0 Å². The molecule has 0 radical (unpaired) electrons. The summed E-state index contributed by atoms with van der Waals surface area (Å²) in [4.78, 5) is 0. The zero-order chi connectivity index (χ0) is 42.6. The summed E-state index contributed by atoms with van der Waals surface area (Å²) in [5, 5.41) is 26.6. The fourth-order valence-electron chi connectivity index (χ4n) is 13.8. The largest absolute Gasteiger partial charge is 0.312 e. The second-order valence-electron chi connectivity index (χ2n) is 20.3. The Bertz CT molecular complexity index is 2930. The summed E-state index contributed by atoms with van der Waals surface area (Å²) in [5.41, 5.74) is 16.6. The van der Waals surface area contributed by atoms with E-state index in [4.69, 9.17) is 0 Å². The number of nitrogens with zero attached hydrogens (tertiary/aromatic N) is 3. The lowest BCUT2D eigenvalue weighted by atomic mass is 9.67. The van der Waals surface area contributed by atoms with E-state index in [1.54, 1.807) is 5.57 Å². The highest BCUT2D eigenvalue weighted by Crippen LogP contribution is 2.61. The van der Waals surface area contributed by atoms with Crippen LogP contribution in [0.5, 0.6) is 0 Å². The molecule has 12 rings (SSSR count). The first-order valence-corrected chi connectivity index (χ1v) is 24.0. The van der Waals surface area contributed by atoms with Crippen LogP contribution in [0.1, 0.15) is 122 Å². The smallest absolute Gasteiger partial charge is 0.101 e. The predicted octanol–water partition coefficient (Wildman–Crippen LogP) is 12.2. The summed E-state index contributed by atoms with van der Waals surface area (Å²) in [5.74, 6) is 2.22. The van der Waals surface area contributed by atoms with Crippen LogP contribution in [0.25, 0.3) is 33.2 Å². The number of nitriles is 1. The van der Waals surface area contributed by atoms with Crippen molar-refractivity contribution in [2.45, 2.75) is 110 Å². The van der Waals surface area contributed by atoms with Crippen LogP contribution in [0, 0.1) is 47.3 Å². The monoisotopic (exact) mass is 828 g/mol. The molecule has 6 aromatic rings. The van der Waals surface area contributed by atoms with E-state index < -0.39 is 0 Å². The van der Waals surface area contributed by atoms with Gasteiger partial charge in [-0.05, 0) is 134 Å². The normalized spacial score (nSPS) is 28.3. The van der Waals surface area contributed by atoms with Crippen molar-refractivity contribution < 1.29 is 0 Å². The highest BCUT2D eigenvalue weighted by molar-refractivity contribution is 5.92. The van der Waals surface area contributed by atoms with Gasteiger partial charge in [0, 0.05) is 33.6 Å². The molecular formula is C57H60N6. The molecule has 3 N–H and O–H groups in total. The molecule has 3 heterocycles. The zero-order valence-corrected chi connectivity index (χ0v) is 37.3. The SMILES string of the molecule is Cc1cccc2c3c(n(-c4cc(-n5c6c(c7ccccc75)CCCC6)c(C#N)cc4C4NC(c5ccccc5)NC(C5C=CCC6C5C5=CC=CCC5C6(C)C)N4)c12)C(C)CCC3. The molecule has 6 heteroatoms. The van der Waals surface area contributed by atoms with Crippen LogP contribution < -0.4 is 16.0 Å². The van der Waals surface area contributed by atoms with Crippen LogP contribution in [0.4, 0.5) is 0 Å². The van der Waals surface area contributed by atoms with Gasteiger partial charge in [-0.1, -0.05) is 123 Å². The van der Waals surface area contributed by atoms with E-state index in [0.717, 1.165) is 61.9 Å². The van der Waals surface area contributed by atoms with Gasteiger partial charge >= 0.3 is 0 Å². The van der Waals surface area contributed by atoms with Crippen molar-refractivity contribution in [1.82, 2.24) is 25.1 Å². The van der Waals surface area contributed by atoms with Crippen LogP contribution in [0.2, 0.25) is 0 Å². The first-order valence-electron chi connectivity index (χ1n) is 24.0. The summed E-state index contributed by atoms with van der Waals surface area (Å²) in [7, 11) is 0. The lowest BCUT2D eigenvalue weighted by molar-refractivity contribution is 0.103.